The molecule has 1 aromatic carbocycles. The lowest BCUT2D eigenvalue weighted by atomic mass is 10.1. The van der Waals surface area contributed by atoms with Gasteiger partial charge in [-0.05, 0) is 37.6 Å². The molecule has 94 valence electrons. The lowest BCUT2D eigenvalue weighted by Gasteiger charge is -2.04. The van der Waals surface area contributed by atoms with E-state index in [1.807, 2.05) is 0 Å². The first-order chi connectivity index (χ1) is 8.74. The van der Waals surface area contributed by atoms with Gasteiger partial charge in [0.05, 0.1) is 11.7 Å². The molecule has 1 aromatic heterocycles. The van der Waals surface area contributed by atoms with Crippen molar-refractivity contribution in [2.24, 2.45) is 0 Å². The Kier molecular flexibility index (Phi) is 3.09. The van der Waals surface area contributed by atoms with Crippen molar-refractivity contribution >= 4 is 11.3 Å². The standard InChI is InChI=1S/C13H12F2N2S/c14-8-3-4-10(15)9(6-8)12-7-18-13(17-12)11-2-1-5-16-11/h3-4,6-7,11,16H,1-2,5H2. The van der Waals surface area contributed by atoms with Crippen molar-refractivity contribution in [3.05, 3.63) is 40.2 Å². The molecular weight excluding hydrogens is 254 g/mol. The third-order valence-electron chi connectivity index (χ3n) is 3.08. The van der Waals surface area contributed by atoms with Crippen molar-refractivity contribution in [3.63, 3.8) is 0 Å². The summed E-state index contributed by atoms with van der Waals surface area (Å²) in [5.41, 5.74) is 0.746. The monoisotopic (exact) mass is 266 g/mol. The highest BCUT2D eigenvalue weighted by molar-refractivity contribution is 7.10. The van der Waals surface area contributed by atoms with Crippen molar-refractivity contribution in [2.75, 3.05) is 6.54 Å². The van der Waals surface area contributed by atoms with Crippen LogP contribution in [0.1, 0.15) is 23.9 Å². The Hall–Kier alpha value is -1.33. The van der Waals surface area contributed by atoms with E-state index in [1.54, 1.807) is 5.38 Å². The van der Waals surface area contributed by atoms with Crippen LogP contribution in [0.4, 0.5) is 8.78 Å². The molecule has 2 aromatic rings. The molecule has 0 amide bonds. The number of thiazole rings is 1. The van der Waals surface area contributed by atoms with Crippen LogP contribution in [-0.4, -0.2) is 11.5 Å². The van der Waals surface area contributed by atoms with Gasteiger partial charge in [-0.25, -0.2) is 13.8 Å². The highest BCUT2D eigenvalue weighted by atomic mass is 32.1. The summed E-state index contributed by atoms with van der Waals surface area (Å²) < 4.78 is 26.8. The number of hydrogen-bond donors (Lipinski definition) is 1. The van der Waals surface area contributed by atoms with Crippen LogP contribution in [0.2, 0.25) is 0 Å². The van der Waals surface area contributed by atoms with Crippen LogP contribution < -0.4 is 5.32 Å². The molecule has 0 bridgehead atoms. The molecule has 18 heavy (non-hydrogen) atoms. The van der Waals surface area contributed by atoms with Crippen molar-refractivity contribution in [2.45, 2.75) is 18.9 Å². The molecule has 0 aliphatic carbocycles. The lowest BCUT2D eigenvalue weighted by Crippen LogP contribution is -2.12. The lowest BCUT2D eigenvalue weighted by molar-refractivity contribution is 0.602. The first-order valence-electron chi connectivity index (χ1n) is 5.88. The first-order valence-corrected chi connectivity index (χ1v) is 6.76. The second kappa shape index (κ2) is 4.74. The molecule has 2 heterocycles. The summed E-state index contributed by atoms with van der Waals surface area (Å²) in [5.74, 6) is -0.882. The zero-order valence-electron chi connectivity index (χ0n) is 9.62. The van der Waals surface area contributed by atoms with Crippen LogP contribution in [0.5, 0.6) is 0 Å². The summed E-state index contributed by atoms with van der Waals surface area (Å²) in [5, 5.41) is 6.08. The molecule has 1 saturated heterocycles. The molecule has 1 N–H and O–H groups in total. The van der Waals surface area contributed by atoms with E-state index >= 15 is 0 Å². The minimum atomic E-state index is -0.444. The Morgan fingerprint density at radius 3 is 3.00 bits per heavy atom. The molecule has 5 heteroatoms. The number of nitrogens with one attached hydrogen (secondary N) is 1. The second-order valence-electron chi connectivity index (χ2n) is 4.34. The molecule has 1 aliphatic rings. The Morgan fingerprint density at radius 1 is 1.33 bits per heavy atom. The quantitative estimate of drug-likeness (QED) is 0.899. The largest absolute Gasteiger partial charge is 0.308 e. The maximum Gasteiger partial charge on any atom is 0.132 e. The average molecular weight is 266 g/mol. The van der Waals surface area contributed by atoms with Gasteiger partial charge in [0.25, 0.3) is 0 Å². The van der Waals surface area contributed by atoms with Crippen molar-refractivity contribution < 1.29 is 8.78 Å². The van der Waals surface area contributed by atoms with Gasteiger partial charge in [-0.15, -0.1) is 11.3 Å². The highest BCUT2D eigenvalue weighted by Crippen LogP contribution is 2.31. The molecule has 0 saturated carbocycles. The van der Waals surface area contributed by atoms with Gasteiger partial charge in [-0.1, -0.05) is 0 Å². The summed E-state index contributed by atoms with van der Waals surface area (Å²) in [7, 11) is 0. The molecule has 1 unspecified atom stereocenters. The van der Waals surface area contributed by atoms with E-state index in [9.17, 15) is 8.78 Å². The maximum atomic E-state index is 13.6. The van der Waals surface area contributed by atoms with Crippen molar-refractivity contribution in [3.8, 4) is 11.3 Å². The number of hydrogen-bond acceptors (Lipinski definition) is 3. The van der Waals surface area contributed by atoms with Gasteiger partial charge >= 0.3 is 0 Å². The summed E-state index contributed by atoms with van der Waals surface area (Å²) in [6, 6.07) is 3.71. The summed E-state index contributed by atoms with van der Waals surface area (Å²) in [4.78, 5) is 4.41. The first kappa shape index (κ1) is 11.7. The second-order valence-corrected chi connectivity index (χ2v) is 5.23. The molecule has 1 aliphatic heterocycles. The van der Waals surface area contributed by atoms with E-state index in [-0.39, 0.29) is 11.6 Å². The van der Waals surface area contributed by atoms with Gasteiger partial charge < -0.3 is 5.32 Å². The summed E-state index contributed by atoms with van der Waals surface area (Å²) >= 11 is 1.49. The van der Waals surface area contributed by atoms with Gasteiger partial charge in [-0.2, -0.15) is 0 Å². The van der Waals surface area contributed by atoms with Crippen LogP contribution in [0.15, 0.2) is 23.6 Å². The number of nitrogens with zero attached hydrogens (tertiary/aromatic N) is 1. The maximum absolute atomic E-state index is 13.6. The zero-order valence-corrected chi connectivity index (χ0v) is 10.4. The Bertz CT molecular complexity index is 562. The predicted octanol–water partition coefficient (Wildman–Crippen LogP) is 3.51. The van der Waals surface area contributed by atoms with Gasteiger partial charge in [0.15, 0.2) is 0 Å². The number of aromatic nitrogens is 1. The van der Waals surface area contributed by atoms with Crippen molar-refractivity contribution in [1.29, 1.82) is 0 Å². The van der Waals surface area contributed by atoms with Gasteiger partial charge in [-0.3, -0.25) is 0 Å². The third-order valence-corrected chi connectivity index (χ3v) is 4.04. The van der Waals surface area contributed by atoms with E-state index in [0.717, 1.165) is 36.5 Å². The molecule has 1 fully saturated rings. The van der Waals surface area contributed by atoms with Gasteiger partial charge in [0.2, 0.25) is 0 Å². The molecule has 0 spiro atoms. The van der Waals surface area contributed by atoms with E-state index in [0.29, 0.717) is 5.69 Å². The minimum Gasteiger partial charge on any atom is -0.308 e. The van der Waals surface area contributed by atoms with E-state index in [2.05, 4.69) is 10.3 Å². The number of halogens is 2. The predicted molar refractivity (Wildman–Crippen MR) is 67.4 cm³/mol. The topological polar surface area (TPSA) is 24.9 Å². The summed E-state index contributed by atoms with van der Waals surface area (Å²) in [6.45, 7) is 0.994. The van der Waals surface area contributed by atoms with E-state index < -0.39 is 11.6 Å². The average Bonchev–Trinajstić information content (AvgIpc) is 3.00. The molecule has 1 atom stereocenters. The molecular formula is C13H12F2N2S. The Balaban J connectivity index is 1.94. The van der Waals surface area contributed by atoms with Crippen LogP contribution in [0.3, 0.4) is 0 Å². The molecule has 0 radical (unpaired) electrons. The van der Waals surface area contributed by atoms with Crippen LogP contribution in [0.25, 0.3) is 11.3 Å². The fourth-order valence-corrected chi connectivity index (χ4v) is 3.09. The van der Waals surface area contributed by atoms with E-state index in [4.69, 9.17) is 0 Å². The highest BCUT2D eigenvalue weighted by Gasteiger charge is 2.20. The normalized spacial score (nSPS) is 19.3. The van der Waals surface area contributed by atoms with Crippen LogP contribution >= 0.6 is 11.3 Å². The van der Waals surface area contributed by atoms with E-state index in [1.165, 1.54) is 17.4 Å². The Labute approximate surface area is 108 Å². The van der Waals surface area contributed by atoms with Crippen LogP contribution in [-0.2, 0) is 0 Å². The van der Waals surface area contributed by atoms with Gasteiger partial charge in [0, 0.05) is 10.9 Å². The zero-order chi connectivity index (χ0) is 12.5. The fraction of sp³-hybridized carbons (Fsp3) is 0.308. The number of rotatable bonds is 2. The summed E-state index contributed by atoms with van der Waals surface area (Å²) in [6.07, 6.45) is 2.19. The van der Waals surface area contributed by atoms with Crippen LogP contribution in [0, 0.1) is 11.6 Å². The minimum absolute atomic E-state index is 0.232. The smallest absolute Gasteiger partial charge is 0.132 e. The molecule has 2 nitrogen and oxygen atoms in total. The SMILES string of the molecule is Fc1ccc(F)c(-c2csc(C3CCCN3)n2)c1. The van der Waals surface area contributed by atoms with Crippen molar-refractivity contribution in [1.82, 2.24) is 10.3 Å². The Morgan fingerprint density at radius 2 is 2.22 bits per heavy atom. The fourth-order valence-electron chi connectivity index (χ4n) is 2.16. The number of benzene rings is 1. The van der Waals surface area contributed by atoms with Gasteiger partial charge in [0.1, 0.15) is 16.6 Å². The molecule has 3 rings (SSSR count). The third kappa shape index (κ3) is 2.15.